The number of primary amides is 1. The summed E-state index contributed by atoms with van der Waals surface area (Å²) in [6, 6.07) is 3.75. The van der Waals surface area contributed by atoms with Crippen LogP contribution in [0.2, 0.25) is 0 Å². The first-order valence-corrected chi connectivity index (χ1v) is 8.56. The topological polar surface area (TPSA) is 95.9 Å². The van der Waals surface area contributed by atoms with Gasteiger partial charge in [-0.1, -0.05) is 13.8 Å². The summed E-state index contributed by atoms with van der Waals surface area (Å²) in [5.41, 5.74) is 5.18. The quantitative estimate of drug-likeness (QED) is 0.536. The number of hydrogen-bond donors (Lipinski definition) is 3. The smallest absolute Gasteiger partial charge is 0.284 e. The number of nitrogens with one attached hydrogen (secondary N) is 2. The molecule has 1 aromatic heterocycles. The van der Waals surface area contributed by atoms with Crippen molar-refractivity contribution in [2.45, 2.75) is 39.3 Å². The van der Waals surface area contributed by atoms with Gasteiger partial charge in [0, 0.05) is 32.7 Å². The van der Waals surface area contributed by atoms with Gasteiger partial charge in [-0.05, 0) is 30.9 Å². The van der Waals surface area contributed by atoms with Gasteiger partial charge in [0.2, 0.25) is 0 Å². The van der Waals surface area contributed by atoms with Crippen LogP contribution in [0.3, 0.4) is 0 Å². The molecule has 0 radical (unpaired) electrons. The number of amides is 1. The predicted molar refractivity (Wildman–Crippen MR) is 94.9 cm³/mol. The van der Waals surface area contributed by atoms with Crippen LogP contribution >= 0.6 is 0 Å². The van der Waals surface area contributed by atoms with Crippen molar-refractivity contribution in [1.82, 2.24) is 15.5 Å². The van der Waals surface area contributed by atoms with E-state index >= 15 is 0 Å². The average Bonchev–Trinajstić information content (AvgIpc) is 3.02. The van der Waals surface area contributed by atoms with Crippen molar-refractivity contribution in [1.29, 1.82) is 0 Å². The summed E-state index contributed by atoms with van der Waals surface area (Å²) in [5, 5.41) is 6.67. The summed E-state index contributed by atoms with van der Waals surface area (Å²) in [5.74, 6) is 1.72. The fourth-order valence-electron chi connectivity index (χ4n) is 2.94. The van der Waals surface area contributed by atoms with E-state index in [1.54, 1.807) is 19.2 Å². The molecule has 4 N–H and O–H groups in total. The number of rotatable bonds is 6. The Morgan fingerprint density at radius 3 is 2.67 bits per heavy atom. The van der Waals surface area contributed by atoms with E-state index < -0.39 is 5.91 Å². The molecule has 1 saturated heterocycles. The first kappa shape index (κ1) is 18.3. The molecule has 1 aromatic rings. The molecule has 2 rings (SSSR count). The Morgan fingerprint density at radius 1 is 1.42 bits per heavy atom. The van der Waals surface area contributed by atoms with Crippen LogP contribution in [-0.4, -0.2) is 49.5 Å². The Hall–Kier alpha value is -2.02. The minimum absolute atomic E-state index is 0.173. The van der Waals surface area contributed by atoms with Crippen molar-refractivity contribution in [2.75, 3.05) is 26.7 Å². The standard InChI is InChI=1S/C17H29N5O2/c1-12(2)11-22-8-6-13(7-9-22)21-17(19-3)20-10-14-4-5-15(24-14)16(18)23/h4-5,12-13H,6-11H2,1-3H3,(H2,18,23)(H2,19,20,21). The number of nitrogens with zero attached hydrogens (tertiary/aromatic N) is 2. The molecule has 24 heavy (non-hydrogen) atoms. The van der Waals surface area contributed by atoms with Crippen LogP contribution < -0.4 is 16.4 Å². The van der Waals surface area contributed by atoms with Gasteiger partial charge in [-0.3, -0.25) is 9.79 Å². The van der Waals surface area contributed by atoms with Gasteiger partial charge in [0.05, 0.1) is 6.54 Å². The maximum atomic E-state index is 11.0. The third-order valence-electron chi connectivity index (χ3n) is 4.11. The molecule has 0 saturated carbocycles. The lowest BCUT2D eigenvalue weighted by Crippen LogP contribution is -2.48. The Labute approximate surface area is 143 Å². The number of hydrogen-bond acceptors (Lipinski definition) is 4. The van der Waals surface area contributed by atoms with Crippen LogP contribution in [0.4, 0.5) is 0 Å². The Kier molecular flexibility index (Phi) is 6.66. The van der Waals surface area contributed by atoms with E-state index in [1.807, 2.05) is 0 Å². The highest BCUT2D eigenvalue weighted by Gasteiger charge is 2.20. The fraction of sp³-hybridized carbons (Fsp3) is 0.647. The zero-order valence-electron chi connectivity index (χ0n) is 14.8. The summed E-state index contributed by atoms with van der Waals surface area (Å²) in [4.78, 5) is 17.8. The summed E-state index contributed by atoms with van der Waals surface area (Å²) in [7, 11) is 1.75. The van der Waals surface area contributed by atoms with Gasteiger partial charge in [-0.15, -0.1) is 0 Å². The molecule has 1 aliphatic rings. The van der Waals surface area contributed by atoms with Gasteiger partial charge >= 0.3 is 0 Å². The monoisotopic (exact) mass is 335 g/mol. The zero-order valence-corrected chi connectivity index (χ0v) is 14.8. The van der Waals surface area contributed by atoms with E-state index in [4.69, 9.17) is 10.2 Å². The first-order valence-electron chi connectivity index (χ1n) is 8.56. The van der Waals surface area contributed by atoms with E-state index in [2.05, 4.69) is 34.4 Å². The van der Waals surface area contributed by atoms with Crippen LogP contribution in [0.1, 0.15) is 43.0 Å². The maximum Gasteiger partial charge on any atom is 0.284 e. The molecule has 0 atom stereocenters. The molecule has 0 aliphatic carbocycles. The Bertz CT molecular complexity index is 559. The third kappa shape index (κ3) is 5.56. The number of furan rings is 1. The minimum Gasteiger partial charge on any atom is -0.454 e. The van der Waals surface area contributed by atoms with Crippen molar-refractivity contribution < 1.29 is 9.21 Å². The molecular weight excluding hydrogens is 306 g/mol. The first-order chi connectivity index (χ1) is 11.5. The highest BCUT2D eigenvalue weighted by atomic mass is 16.3. The van der Waals surface area contributed by atoms with Gasteiger partial charge in [-0.25, -0.2) is 0 Å². The molecule has 1 aliphatic heterocycles. The van der Waals surface area contributed by atoms with Crippen molar-refractivity contribution >= 4 is 11.9 Å². The average molecular weight is 335 g/mol. The fourth-order valence-corrected chi connectivity index (χ4v) is 2.94. The van der Waals surface area contributed by atoms with Gasteiger partial charge in [-0.2, -0.15) is 0 Å². The highest BCUT2D eigenvalue weighted by molar-refractivity contribution is 5.89. The van der Waals surface area contributed by atoms with Crippen LogP contribution in [0.5, 0.6) is 0 Å². The lowest BCUT2D eigenvalue weighted by Gasteiger charge is -2.33. The normalized spacial score (nSPS) is 17.2. The Morgan fingerprint density at radius 2 is 2.12 bits per heavy atom. The van der Waals surface area contributed by atoms with E-state index in [-0.39, 0.29) is 5.76 Å². The predicted octanol–water partition coefficient (Wildman–Crippen LogP) is 1.16. The number of carbonyl (C=O) groups is 1. The SMILES string of the molecule is CN=C(NCc1ccc(C(N)=O)o1)NC1CCN(CC(C)C)CC1. The second-order valence-corrected chi connectivity index (χ2v) is 6.67. The molecular formula is C17H29N5O2. The molecule has 0 spiro atoms. The number of carbonyl (C=O) groups excluding carboxylic acids is 1. The molecule has 0 bridgehead atoms. The van der Waals surface area contributed by atoms with Crippen molar-refractivity contribution in [2.24, 2.45) is 16.6 Å². The molecule has 7 nitrogen and oxygen atoms in total. The summed E-state index contributed by atoms with van der Waals surface area (Å²) >= 11 is 0. The third-order valence-corrected chi connectivity index (χ3v) is 4.11. The van der Waals surface area contributed by atoms with Crippen LogP contribution in [0, 0.1) is 5.92 Å². The van der Waals surface area contributed by atoms with Crippen LogP contribution in [0.15, 0.2) is 21.5 Å². The molecule has 7 heteroatoms. The lowest BCUT2D eigenvalue weighted by molar-refractivity contribution is 0.0972. The number of aliphatic imine (C=N–C) groups is 1. The molecule has 0 aromatic carbocycles. The molecule has 1 fully saturated rings. The van der Waals surface area contributed by atoms with E-state index in [0.717, 1.165) is 31.9 Å². The lowest BCUT2D eigenvalue weighted by atomic mass is 10.0. The van der Waals surface area contributed by atoms with Crippen molar-refractivity contribution in [3.8, 4) is 0 Å². The van der Waals surface area contributed by atoms with E-state index in [0.29, 0.717) is 24.3 Å². The zero-order chi connectivity index (χ0) is 17.5. The van der Waals surface area contributed by atoms with Gasteiger partial charge in [0.1, 0.15) is 5.76 Å². The summed E-state index contributed by atoms with van der Waals surface area (Å²) in [6.07, 6.45) is 2.22. The Balaban J connectivity index is 1.75. The van der Waals surface area contributed by atoms with Crippen molar-refractivity contribution in [3.05, 3.63) is 23.7 Å². The van der Waals surface area contributed by atoms with E-state index in [1.165, 1.54) is 6.54 Å². The van der Waals surface area contributed by atoms with Crippen LogP contribution in [0.25, 0.3) is 0 Å². The number of guanidine groups is 1. The van der Waals surface area contributed by atoms with Crippen LogP contribution in [-0.2, 0) is 6.54 Å². The summed E-state index contributed by atoms with van der Waals surface area (Å²) < 4.78 is 5.35. The largest absolute Gasteiger partial charge is 0.454 e. The summed E-state index contributed by atoms with van der Waals surface area (Å²) in [6.45, 7) is 8.38. The molecule has 1 amide bonds. The van der Waals surface area contributed by atoms with Crippen molar-refractivity contribution in [3.63, 3.8) is 0 Å². The van der Waals surface area contributed by atoms with Gasteiger partial charge in [0.25, 0.3) is 5.91 Å². The molecule has 2 heterocycles. The number of nitrogens with two attached hydrogens (primary N) is 1. The second kappa shape index (κ2) is 8.73. The highest BCUT2D eigenvalue weighted by Crippen LogP contribution is 2.12. The number of piperidine rings is 1. The molecule has 0 unspecified atom stereocenters. The van der Waals surface area contributed by atoms with Gasteiger partial charge < -0.3 is 25.7 Å². The molecule has 134 valence electrons. The second-order valence-electron chi connectivity index (χ2n) is 6.67. The minimum atomic E-state index is -0.558. The number of likely N-dealkylation sites (tertiary alicyclic amines) is 1. The van der Waals surface area contributed by atoms with E-state index in [9.17, 15) is 4.79 Å². The maximum absolute atomic E-state index is 11.0. The van der Waals surface area contributed by atoms with Gasteiger partial charge in [0.15, 0.2) is 11.7 Å².